The topological polar surface area (TPSA) is 51.6 Å². The van der Waals surface area contributed by atoms with Gasteiger partial charge in [0.25, 0.3) is 0 Å². The average molecular weight is 428 g/mol. The second-order valence-corrected chi connectivity index (χ2v) is 7.88. The normalized spacial score (nSPS) is 11.9. The molecule has 0 fully saturated rings. The molecular weight excluding hydrogens is 398 g/mol. The summed E-state index contributed by atoms with van der Waals surface area (Å²) in [5.41, 5.74) is 2.73. The van der Waals surface area contributed by atoms with Crippen LogP contribution in [-0.2, 0) is 6.61 Å². The molecule has 1 unspecified atom stereocenters. The van der Waals surface area contributed by atoms with E-state index in [1.165, 1.54) is 0 Å². The summed E-state index contributed by atoms with van der Waals surface area (Å²) in [6.45, 7) is 1.10. The predicted octanol–water partition coefficient (Wildman–Crippen LogP) is 6.49. The van der Waals surface area contributed by atoms with E-state index in [4.69, 9.17) is 9.47 Å². The van der Waals surface area contributed by atoms with Crippen LogP contribution >= 0.6 is 0 Å². The molecule has 32 heavy (non-hydrogen) atoms. The summed E-state index contributed by atoms with van der Waals surface area (Å²) in [5, 5.41) is 11.7. The van der Waals surface area contributed by atoms with Gasteiger partial charge < -0.3 is 14.6 Å². The maximum absolute atomic E-state index is 10.6. The maximum atomic E-state index is 10.6. The fourth-order valence-corrected chi connectivity index (χ4v) is 3.65. The van der Waals surface area contributed by atoms with Crippen molar-refractivity contribution in [2.24, 2.45) is 0 Å². The monoisotopic (exact) mass is 427 g/mol. The maximum Gasteiger partial charge on any atom is 0.130 e. The van der Waals surface area contributed by atoms with Crippen LogP contribution in [0, 0.1) is 0 Å². The fraction of sp³-hybridized carbons (Fsp3) is 0.250. The first kappa shape index (κ1) is 21.8. The summed E-state index contributed by atoms with van der Waals surface area (Å²) < 4.78 is 11.7. The number of hydrogen-bond acceptors (Lipinski definition) is 4. The van der Waals surface area contributed by atoms with Crippen molar-refractivity contribution in [3.8, 4) is 11.5 Å². The lowest BCUT2D eigenvalue weighted by molar-refractivity contribution is 0.161. The molecule has 1 heterocycles. The number of pyridine rings is 1. The van der Waals surface area contributed by atoms with E-state index >= 15 is 0 Å². The number of unbranched alkanes of at least 4 members (excludes halogenated alkanes) is 2. The first-order valence-electron chi connectivity index (χ1n) is 11.2. The smallest absolute Gasteiger partial charge is 0.130 e. The minimum absolute atomic E-state index is 0.395. The Kier molecular flexibility index (Phi) is 7.72. The van der Waals surface area contributed by atoms with Gasteiger partial charge in [-0.2, -0.15) is 0 Å². The molecule has 1 aromatic heterocycles. The van der Waals surface area contributed by atoms with E-state index < -0.39 is 6.10 Å². The molecule has 0 aliphatic carbocycles. The van der Waals surface area contributed by atoms with Gasteiger partial charge in [0.2, 0.25) is 0 Å². The molecule has 0 radical (unpaired) electrons. The Morgan fingerprint density at radius 2 is 1.53 bits per heavy atom. The number of para-hydroxylation sites is 2. The van der Waals surface area contributed by atoms with Gasteiger partial charge in [0.1, 0.15) is 18.1 Å². The zero-order chi connectivity index (χ0) is 22.0. The zero-order valence-electron chi connectivity index (χ0n) is 18.2. The van der Waals surface area contributed by atoms with Gasteiger partial charge in [0, 0.05) is 5.39 Å². The van der Waals surface area contributed by atoms with Crippen LogP contribution in [0.1, 0.15) is 43.0 Å². The quantitative estimate of drug-likeness (QED) is 0.278. The fourth-order valence-electron chi connectivity index (χ4n) is 3.65. The van der Waals surface area contributed by atoms with Gasteiger partial charge in [0.15, 0.2) is 0 Å². The first-order chi connectivity index (χ1) is 15.8. The molecule has 0 saturated carbocycles. The third-order valence-corrected chi connectivity index (χ3v) is 5.42. The minimum atomic E-state index is -0.493. The molecular formula is C28H29NO3. The SMILES string of the molecule is OC(CCCCCOc1ccccc1)c1cccc(OCc2ccc3ccccc3n2)c1. The third-order valence-electron chi connectivity index (χ3n) is 5.42. The Hall–Kier alpha value is -3.37. The van der Waals surface area contributed by atoms with Crippen molar-refractivity contribution in [1.29, 1.82) is 0 Å². The number of ether oxygens (including phenoxy) is 2. The molecule has 0 bridgehead atoms. The molecule has 3 aromatic carbocycles. The van der Waals surface area contributed by atoms with E-state index in [0.29, 0.717) is 13.2 Å². The minimum Gasteiger partial charge on any atom is -0.494 e. The van der Waals surface area contributed by atoms with Crippen LogP contribution in [0.4, 0.5) is 0 Å². The predicted molar refractivity (Wildman–Crippen MR) is 128 cm³/mol. The standard InChI is InChI=1S/C28H29NO3/c30-28(16-5-2-8-19-31-25-12-3-1-4-13-25)23-11-9-14-26(20-23)32-21-24-18-17-22-10-6-7-15-27(22)29-24/h1,3-4,6-7,9-15,17-18,20,28,30H,2,5,8,16,19,21H2. The van der Waals surface area contributed by atoms with E-state index in [0.717, 1.165) is 59.3 Å². The Labute approximate surface area is 189 Å². The molecule has 4 aromatic rings. The van der Waals surface area contributed by atoms with Crippen LogP contribution < -0.4 is 9.47 Å². The number of rotatable bonds is 11. The summed E-state index contributed by atoms with van der Waals surface area (Å²) in [6, 6.07) is 29.7. The summed E-state index contributed by atoms with van der Waals surface area (Å²) in [5.74, 6) is 1.65. The number of aromatic nitrogens is 1. The number of nitrogens with zero attached hydrogens (tertiary/aromatic N) is 1. The highest BCUT2D eigenvalue weighted by atomic mass is 16.5. The molecule has 1 atom stereocenters. The van der Waals surface area contributed by atoms with Gasteiger partial charge in [-0.15, -0.1) is 0 Å². The van der Waals surface area contributed by atoms with Crippen LogP contribution in [0.25, 0.3) is 10.9 Å². The van der Waals surface area contributed by atoms with E-state index in [-0.39, 0.29) is 0 Å². The van der Waals surface area contributed by atoms with E-state index in [1.807, 2.05) is 84.9 Å². The lowest BCUT2D eigenvalue weighted by atomic mass is 10.0. The van der Waals surface area contributed by atoms with Crippen LogP contribution in [0.3, 0.4) is 0 Å². The number of aliphatic hydroxyl groups is 1. The van der Waals surface area contributed by atoms with Gasteiger partial charge in [-0.05, 0) is 61.2 Å². The molecule has 4 heteroatoms. The Balaban J connectivity index is 1.21. The lowest BCUT2D eigenvalue weighted by Gasteiger charge is -2.13. The average Bonchev–Trinajstić information content (AvgIpc) is 2.85. The molecule has 164 valence electrons. The number of aliphatic hydroxyl groups excluding tert-OH is 1. The number of hydrogen-bond donors (Lipinski definition) is 1. The van der Waals surface area contributed by atoms with Gasteiger partial charge in [0.05, 0.1) is 23.9 Å². The third kappa shape index (κ3) is 6.32. The Morgan fingerprint density at radius 1 is 0.719 bits per heavy atom. The van der Waals surface area contributed by atoms with E-state index in [1.54, 1.807) is 0 Å². The molecule has 1 N–H and O–H groups in total. The highest BCUT2D eigenvalue weighted by Crippen LogP contribution is 2.24. The highest BCUT2D eigenvalue weighted by Gasteiger charge is 2.09. The van der Waals surface area contributed by atoms with Crippen molar-refractivity contribution in [2.45, 2.75) is 38.4 Å². The number of benzene rings is 3. The van der Waals surface area contributed by atoms with Gasteiger partial charge >= 0.3 is 0 Å². The zero-order valence-corrected chi connectivity index (χ0v) is 18.2. The summed E-state index contributed by atoms with van der Waals surface area (Å²) in [6.07, 6.45) is 3.18. The Morgan fingerprint density at radius 3 is 2.44 bits per heavy atom. The molecule has 0 aliphatic heterocycles. The molecule has 4 rings (SSSR count). The van der Waals surface area contributed by atoms with Crippen molar-refractivity contribution in [3.63, 3.8) is 0 Å². The molecule has 0 aliphatic rings. The van der Waals surface area contributed by atoms with Crippen LogP contribution in [-0.4, -0.2) is 16.7 Å². The molecule has 4 nitrogen and oxygen atoms in total. The van der Waals surface area contributed by atoms with E-state index in [2.05, 4.69) is 11.1 Å². The van der Waals surface area contributed by atoms with Crippen molar-refractivity contribution in [1.82, 2.24) is 4.98 Å². The van der Waals surface area contributed by atoms with Crippen molar-refractivity contribution in [3.05, 3.63) is 102 Å². The summed E-state index contributed by atoms with van der Waals surface area (Å²) >= 11 is 0. The van der Waals surface area contributed by atoms with Crippen LogP contribution in [0.5, 0.6) is 11.5 Å². The Bertz CT molecular complexity index is 1110. The lowest BCUT2D eigenvalue weighted by Crippen LogP contribution is -2.02. The van der Waals surface area contributed by atoms with Crippen LogP contribution in [0.2, 0.25) is 0 Å². The van der Waals surface area contributed by atoms with Gasteiger partial charge in [-0.3, -0.25) is 0 Å². The van der Waals surface area contributed by atoms with Gasteiger partial charge in [-0.1, -0.05) is 61.0 Å². The number of fused-ring (bicyclic) bond motifs is 1. The van der Waals surface area contributed by atoms with Gasteiger partial charge in [-0.25, -0.2) is 4.98 Å². The highest BCUT2D eigenvalue weighted by molar-refractivity contribution is 5.78. The molecule has 0 saturated heterocycles. The van der Waals surface area contributed by atoms with Crippen LogP contribution in [0.15, 0.2) is 91.0 Å². The first-order valence-corrected chi connectivity index (χ1v) is 11.2. The second kappa shape index (κ2) is 11.3. The molecule has 0 amide bonds. The second-order valence-electron chi connectivity index (χ2n) is 7.88. The summed E-state index contributed by atoms with van der Waals surface area (Å²) in [7, 11) is 0. The summed E-state index contributed by atoms with van der Waals surface area (Å²) in [4.78, 5) is 4.65. The van der Waals surface area contributed by atoms with Crippen molar-refractivity contribution >= 4 is 10.9 Å². The largest absolute Gasteiger partial charge is 0.494 e. The van der Waals surface area contributed by atoms with E-state index in [9.17, 15) is 5.11 Å². The van der Waals surface area contributed by atoms with Crippen molar-refractivity contribution in [2.75, 3.05) is 6.61 Å². The van der Waals surface area contributed by atoms with Crippen molar-refractivity contribution < 1.29 is 14.6 Å². The molecule has 0 spiro atoms.